The molecule has 0 aromatic heterocycles. The number of para-hydroxylation sites is 1. The molecule has 1 amide bonds. The highest BCUT2D eigenvalue weighted by Gasteiger charge is 2.15. The normalized spacial score (nSPS) is 10.5. The first-order valence-corrected chi connectivity index (χ1v) is 9.03. The van der Waals surface area contributed by atoms with Gasteiger partial charge in [-0.2, -0.15) is 5.06 Å². The number of amides is 1. The summed E-state index contributed by atoms with van der Waals surface area (Å²) < 4.78 is 5.70. The molecule has 4 heteroatoms. The van der Waals surface area contributed by atoms with Gasteiger partial charge in [0, 0.05) is 5.56 Å². The standard InChI is InChI=1S/C21H27NO3/c1-2-3-4-5-6-10-17-25-20-15-13-18(14-16-20)21(23)22(24)19-11-8-7-9-12-19/h7-9,11-16,24H,2-6,10,17H2,1H3. The van der Waals surface area contributed by atoms with Gasteiger partial charge in [-0.3, -0.25) is 10.0 Å². The van der Waals surface area contributed by atoms with Gasteiger partial charge in [0.1, 0.15) is 5.75 Å². The van der Waals surface area contributed by atoms with Crippen LogP contribution in [0.4, 0.5) is 5.69 Å². The van der Waals surface area contributed by atoms with Gasteiger partial charge in [-0.25, -0.2) is 0 Å². The second-order valence-corrected chi connectivity index (χ2v) is 6.09. The van der Waals surface area contributed by atoms with E-state index >= 15 is 0 Å². The summed E-state index contributed by atoms with van der Waals surface area (Å²) in [6.45, 7) is 2.91. The lowest BCUT2D eigenvalue weighted by molar-refractivity contribution is 0.0854. The van der Waals surface area contributed by atoms with Crippen molar-refractivity contribution in [2.24, 2.45) is 0 Å². The van der Waals surface area contributed by atoms with E-state index in [9.17, 15) is 10.0 Å². The number of anilines is 1. The first-order chi connectivity index (χ1) is 12.2. The van der Waals surface area contributed by atoms with Gasteiger partial charge in [-0.1, -0.05) is 57.2 Å². The molecule has 4 nitrogen and oxygen atoms in total. The molecule has 0 spiro atoms. The lowest BCUT2D eigenvalue weighted by atomic mass is 10.1. The van der Waals surface area contributed by atoms with Crippen LogP contribution in [0.15, 0.2) is 54.6 Å². The molecule has 0 unspecified atom stereocenters. The van der Waals surface area contributed by atoms with Crippen molar-refractivity contribution in [3.8, 4) is 5.75 Å². The van der Waals surface area contributed by atoms with Crippen LogP contribution in [-0.4, -0.2) is 17.7 Å². The van der Waals surface area contributed by atoms with E-state index in [2.05, 4.69) is 6.92 Å². The van der Waals surface area contributed by atoms with Crippen LogP contribution in [0, 0.1) is 0 Å². The summed E-state index contributed by atoms with van der Waals surface area (Å²) in [6.07, 6.45) is 7.36. The summed E-state index contributed by atoms with van der Waals surface area (Å²) in [5.41, 5.74) is 0.856. The fraction of sp³-hybridized carbons (Fsp3) is 0.381. The average molecular weight is 341 g/mol. The van der Waals surface area contributed by atoms with Crippen LogP contribution < -0.4 is 9.80 Å². The smallest absolute Gasteiger partial charge is 0.281 e. The van der Waals surface area contributed by atoms with Crippen molar-refractivity contribution < 1.29 is 14.7 Å². The minimum atomic E-state index is -0.464. The second-order valence-electron chi connectivity index (χ2n) is 6.09. The van der Waals surface area contributed by atoms with E-state index in [0.29, 0.717) is 22.9 Å². The third-order valence-electron chi connectivity index (χ3n) is 4.06. The van der Waals surface area contributed by atoms with E-state index in [4.69, 9.17) is 4.74 Å². The van der Waals surface area contributed by atoms with Gasteiger partial charge in [0.25, 0.3) is 5.91 Å². The molecule has 2 aromatic carbocycles. The molecule has 0 aliphatic rings. The maximum atomic E-state index is 12.3. The molecule has 0 atom stereocenters. The number of carbonyl (C=O) groups excluding carboxylic acids is 1. The fourth-order valence-corrected chi connectivity index (χ4v) is 2.57. The lowest BCUT2D eigenvalue weighted by Crippen LogP contribution is -2.26. The van der Waals surface area contributed by atoms with Gasteiger partial charge in [0.15, 0.2) is 0 Å². The molecule has 2 aromatic rings. The molecule has 0 saturated carbocycles. The zero-order valence-corrected chi connectivity index (χ0v) is 14.9. The summed E-state index contributed by atoms with van der Waals surface area (Å²) in [7, 11) is 0. The van der Waals surface area contributed by atoms with Gasteiger partial charge >= 0.3 is 0 Å². The molecule has 0 radical (unpaired) electrons. The SMILES string of the molecule is CCCCCCCCOc1ccc(C(=O)N(O)c2ccccc2)cc1. The molecule has 0 aliphatic carbocycles. The largest absolute Gasteiger partial charge is 0.494 e. The molecule has 1 N–H and O–H groups in total. The Balaban J connectivity index is 1.78. The number of nitrogens with zero attached hydrogens (tertiary/aromatic N) is 1. The number of hydrogen-bond donors (Lipinski definition) is 1. The van der Waals surface area contributed by atoms with Crippen molar-refractivity contribution in [3.63, 3.8) is 0 Å². The maximum Gasteiger partial charge on any atom is 0.281 e. The van der Waals surface area contributed by atoms with Crippen LogP contribution >= 0.6 is 0 Å². The zero-order chi connectivity index (χ0) is 17.9. The number of benzene rings is 2. The Morgan fingerprint density at radius 1 is 0.920 bits per heavy atom. The quantitative estimate of drug-likeness (QED) is 0.354. The monoisotopic (exact) mass is 341 g/mol. The van der Waals surface area contributed by atoms with Crippen LogP contribution in [0.5, 0.6) is 5.75 Å². The summed E-state index contributed by atoms with van der Waals surface area (Å²) in [4.78, 5) is 12.3. The molecule has 0 saturated heterocycles. The summed E-state index contributed by atoms with van der Waals surface area (Å²) in [5.74, 6) is 0.281. The fourth-order valence-electron chi connectivity index (χ4n) is 2.57. The van der Waals surface area contributed by atoms with E-state index in [1.165, 1.54) is 32.1 Å². The molecular weight excluding hydrogens is 314 g/mol. The Morgan fingerprint density at radius 3 is 2.24 bits per heavy atom. The second kappa shape index (κ2) is 10.5. The van der Waals surface area contributed by atoms with E-state index in [-0.39, 0.29) is 0 Å². The number of hydrogen-bond acceptors (Lipinski definition) is 3. The molecule has 25 heavy (non-hydrogen) atoms. The number of carbonyl (C=O) groups is 1. The zero-order valence-electron chi connectivity index (χ0n) is 14.9. The molecule has 134 valence electrons. The molecule has 0 bridgehead atoms. The first-order valence-electron chi connectivity index (χ1n) is 9.03. The Bertz CT molecular complexity index is 625. The molecule has 0 heterocycles. The predicted octanol–water partition coefficient (Wildman–Crippen LogP) is 5.46. The van der Waals surface area contributed by atoms with Crippen molar-refractivity contribution in [3.05, 3.63) is 60.2 Å². The Kier molecular flexibility index (Phi) is 7.99. The number of ether oxygens (including phenoxy) is 1. The van der Waals surface area contributed by atoms with Gasteiger partial charge in [-0.05, 0) is 42.8 Å². The topological polar surface area (TPSA) is 49.8 Å². The van der Waals surface area contributed by atoms with Gasteiger partial charge in [0.2, 0.25) is 0 Å². The molecular formula is C21H27NO3. The summed E-state index contributed by atoms with van der Waals surface area (Å²) in [5, 5.41) is 10.7. The van der Waals surface area contributed by atoms with E-state index in [0.717, 1.165) is 12.2 Å². The van der Waals surface area contributed by atoms with Crippen LogP contribution in [0.2, 0.25) is 0 Å². The molecule has 0 fully saturated rings. The van der Waals surface area contributed by atoms with Crippen LogP contribution in [0.1, 0.15) is 55.8 Å². The number of unbranched alkanes of at least 4 members (excludes halogenated alkanes) is 5. The molecule has 2 rings (SSSR count). The van der Waals surface area contributed by atoms with Crippen LogP contribution in [0.25, 0.3) is 0 Å². The minimum absolute atomic E-state index is 0.415. The Morgan fingerprint density at radius 2 is 1.56 bits per heavy atom. The number of rotatable bonds is 10. The van der Waals surface area contributed by atoms with Crippen molar-refractivity contribution in [2.45, 2.75) is 45.4 Å². The van der Waals surface area contributed by atoms with Crippen molar-refractivity contribution in [2.75, 3.05) is 11.7 Å². The van der Waals surface area contributed by atoms with Crippen molar-refractivity contribution >= 4 is 11.6 Å². The summed E-state index contributed by atoms with van der Waals surface area (Å²) in [6, 6.07) is 15.6. The van der Waals surface area contributed by atoms with Gasteiger partial charge in [0.05, 0.1) is 12.3 Å². The lowest BCUT2D eigenvalue weighted by Gasteiger charge is -2.15. The third kappa shape index (κ3) is 6.24. The predicted molar refractivity (Wildman–Crippen MR) is 100 cm³/mol. The number of hydroxylamine groups is 1. The summed E-state index contributed by atoms with van der Waals surface area (Å²) >= 11 is 0. The highest BCUT2D eigenvalue weighted by Crippen LogP contribution is 2.18. The van der Waals surface area contributed by atoms with Crippen molar-refractivity contribution in [1.29, 1.82) is 0 Å². The Labute approximate surface area is 150 Å². The highest BCUT2D eigenvalue weighted by molar-refractivity contribution is 6.04. The van der Waals surface area contributed by atoms with Crippen molar-refractivity contribution in [1.82, 2.24) is 0 Å². The van der Waals surface area contributed by atoms with E-state index < -0.39 is 5.91 Å². The van der Waals surface area contributed by atoms with E-state index in [1.54, 1.807) is 48.5 Å². The van der Waals surface area contributed by atoms with Crippen LogP contribution in [-0.2, 0) is 0 Å². The van der Waals surface area contributed by atoms with Gasteiger partial charge < -0.3 is 4.74 Å². The van der Waals surface area contributed by atoms with Crippen LogP contribution in [0.3, 0.4) is 0 Å². The Hall–Kier alpha value is -2.33. The first kappa shape index (κ1) is 19.0. The van der Waals surface area contributed by atoms with E-state index in [1.807, 2.05) is 6.07 Å². The molecule has 0 aliphatic heterocycles. The minimum Gasteiger partial charge on any atom is -0.494 e. The third-order valence-corrected chi connectivity index (χ3v) is 4.06. The van der Waals surface area contributed by atoms with Gasteiger partial charge in [-0.15, -0.1) is 0 Å². The maximum absolute atomic E-state index is 12.3. The highest BCUT2D eigenvalue weighted by atomic mass is 16.5. The average Bonchev–Trinajstić information content (AvgIpc) is 2.67.